The van der Waals surface area contributed by atoms with Gasteiger partial charge in [0.15, 0.2) is 0 Å². The summed E-state index contributed by atoms with van der Waals surface area (Å²) in [5.41, 5.74) is 1.33. The van der Waals surface area contributed by atoms with Gasteiger partial charge in [-0.15, -0.1) is 0 Å². The summed E-state index contributed by atoms with van der Waals surface area (Å²) in [5.74, 6) is 0. The number of ether oxygens (including phenoxy) is 1. The van der Waals surface area contributed by atoms with Gasteiger partial charge in [-0.3, -0.25) is 0 Å². The number of fused-ring (bicyclic) bond motifs is 1. The summed E-state index contributed by atoms with van der Waals surface area (Å²) in [6.45, 7) is 3.24. The van der Waals surface area contributed by atoms with Crippen LogP contribution in [0.5, 0.6) is 0 Å². The second-order valence-corrected chi connectivity index (χ2v) is 6.12. The van der Waals surface area contributed by atoms with Crippen LogP contribution in [0.1, 0.15) is 44.2 Å². The van der Waals surface area contributed by atoms with Crippen LogP contribution >= 0.6 is 0 Å². The normalized spacial score (nSPS) is 18.4. The molecule has 2 heteroatoms. The minimum atomic E-state index is -0.0162. The maximum Gasteiger partial charge on any atom is 0.0872 e. The lowest BCUT2D eigenvalue weighted by molar-refractivity contribution is -0.0997. The quantitative estimate of drug-likeness (QED) is 0.845. The van der Waals surface area contributed by atoms with Gasteiger partial charge in [-0.2, -0.15) is 0 Å². The third-order valence-corrected chi connectivity index (χ3v) is 4.84. The molecule has 0 radical (unpaired) electrons. The lowest BCUT2D eigenvalue weighted by atomic mass is 9.72. The molecule has 0 amide bonds. The first kappa shape index (κ1) is 14.6. The lowest BCUT2D eigenvalue weighted by Gasteiger charge is -2.47. The van der Waals surface area contributed by atoms with E-state index < -0.39 is 0 Å². The van der Waals surface area contributed by atoms with E-state index in [2.05, 4.69) is 54.7 Å². The molecule has 112 valence electrons. The summed E-state index contributed by atoms with van der Waals surface area (Å²) in [5, 5.41) is 6.33. The topological polar surface area (TPSA) is 21.3 Å². The zero-order chi connectivity index (χ0) is 14.7. The largest absolute Gasteiger partial charge is 0.376 e. The molecule has 1 saturated carbocycles. The van der Waals surface area contributed by atoms with Crippen LogP contribution in [0, 0.1) is 0 Å². The Bertz CT molecular complexity index is 598. The molecule has 1 aliphatic rings. The van der Waals surface area contributed by atoms with E-state index in [0.717, 1.165) is 25.8 Å². The average Bonchev–Trinajstić information content (AvgIpc) is 2.49. The van der Waals surface area contributed by atoms with Gasteiger partial charge < -0.3 is 10.1 Å². The van der Waals surface area contributed by atoms with Gasteiger partial charge in [-0.25, -0.2) is 0 Å². The molecular formula is C19H25NO. The van der Waals surface area contributed by atoms with E-state index in [1.165, 1.54) is 22.8 Å². The van der Waals surface area contributed by atoms with Crippen LogP contribution in [0.4, 0.5) is 0 Å². The molecule has 0 saturated heterocycles. The highest BCUT2D eigenvalue weighted by Gasteiger charge is 2.44. The summed E-state index contributed by atoms with van der Waals surface area (Å²) < 4.78 is 5.94. The molecule has 0 aliphatic heterocycles. The number of hydrogen-bond donors (Lipinski definition) is 1. The number of hydrogen-bond acceptors (Lipinski definition) is 2. The first-order valence-corrected chi connectivity index (χ1v) is 8.06. The number of methoxy groups -OCH3 is 1. The maximum atomic E-state index is 5.94. The first-order valence-electron chi connectivity index (χ1n) is 8.06. The highest BCUT2D eigenvalue weighted by Crippen LogP contribution is 2.45. The van der Waals surface area contributed by atoms with Crippen molar-refractivity contribution in [2.45, 2.75) is 44.2 Å². The van der Waals surface area contributed by atoms with Crippen LogP contribution in [0.15, 0.2) is 42.5 Å². The number of benzene rings is 2. The third-order valence-electron chi connectivity index (χ3n) is 4.84. The molecule has 2 aromatic carbocycles. The van der Waals surface area contributed by atoms with Crippen molar-refractivity contribution in [3.63, 3.8) is 0 Å². The highest BCUT2D eigenvalue weighted by atomic mass is 16.5. The van der Waals surface area contributed by atoms with E-state index in [1.54, 1.807) is 0 Å². The molecule has 0 aromatic heterocycles. The Hall–Kier alpha value is -1.38. The predicted octanol–water partition coefficient (Wildman–Crippen LogP) is 4.45. The van der Waals surface area contributed by atoms with E-state index in [0.29, 0.717) is 6.04 Å². The fourth-order valence-corrected chi connectivity index (χ4v) is 3.42. The molecule has 1 N–H and O–H groups in total. The minimum Gasteiger partial charge on any atom is -0.376 e. The van der Waals surface area contributed by atoms with Crippen LogP contribution in [0.3, 0.4) is 0 Å². The molecule has 1 unspecified atom stereocenters. The molecule has 0 heterocycles. The lowest BCUT2D eigenvalue weighted by Crippen LogP contribution is -2.50. The Morgan fingerprint density at radius 1 is 1.14 bits per heavy atom. The fourth-order valence-electron chi connectivity index (χ4n) is 3.42. The smallest absolute Gasteiger partial charge is 0.0872 e. The molecular weight excluding hydrogens is 258 g/mol. The molecule has 2 nitrogen and oxygen atoms in total. The van der Waals surface area contributed by atoms with Crippen molar-refractivity contribution in [2.75, 3.05) is 13.7 Å². The van der Waals surface area contributed by atoms with Crippen LogP contribution < -0.4 is 5.32 Å². The van der Waals surface area contributed by atoms with Crippen LogP contribution in [-0.2, 0) is 4.74 Å². The fraction of sp³-hybridized carbons (Fsp3) is 0.474. The highest BCUT2D eigenvalue weighted by molar-refractivity contribution is 5.83. The summed E-state index contributed by atoms with van der Waals surface area (Å²) in [7, 11) is 1.86. The summed E-state index contributed by atoms with van der Waals surface area (Å²) in [4.78, 5) is 0. The molecule has 1 aliphatic carbocycles. The monoisotopic (exact) mass is 283 g/mol. The SMILES string of the molecule is CCCNC(c1ccc2ccccc2c1)C1(OC)CCC1. The van der Waals surface area contributed by atoms with E-state index in [4.69, 9.17) is 4.74 Å². The van der Waals surface area contributed by atoms with Gasteiger partial charge in [0.05, 0.1) is 11.6 Å². The Labute approximate surface area is 127 Å². The van der Waals surface area contributed by atoms with Gasteiger partial charge in [0.1, 0.15) is 0 Å². The Morgan fingerprint density at radius 3 is 2.52 bits per heavy atom. The van der Waals surface area contributed by atoms with Crippen molar-refractivity contribution in [3.8, 4) is 0 Å². The van der Waals surface area contributed by atoms with Gasteiger partial charge in [0, 0.05) is 7.11 Å². The van der Waals surface area contributed by atoms with Gasteiger partial charge in [0.25, 0.3) is 0 Å². The third kappa shape index (κ3) is 2.70. The molecule has 1 fully saturated rings. The van der Waals surface area contributed by atoms with Crippen molar-refractivity contribution in [1.82, 2.24) is 5.32 Å². The van der Waals surface area contributed by atoms with E-state index in [-0.39, 0.29) is 5.60 Å². The molecule has 2 aromatic rings. The standard InChI is InChI=1S/C19H25NO/c1-3-13-20-18(19(21-2)11-6-12-19)17-10-9-15-7-4-5-8-16(15)14-17/h4-5,7-10,14,18,20H,3,6,11-13H2,1-2H3. The molecule has 0 bridgehead atoms. The maximum absolute atomic E-state index is 5.94. The molecule has 0 spiro atoms. The molecule has 21 heavy (non-hydrogen) atoms. The van der Waals surface area contributed by atoms with Crippen molar-refractivity contribution in [2.24, 2.45) is 0 Å². The summed E-state index contributed by atoms with van der Waals surface area (Å²) in [6.07, 6.45) is 4.71. The second kappa shape index (κ2) is 6.17. The zero-order valence-electron chi connectivity index (χ0n) is 13.1. The van der Waals surface area contributed by atoms with Crippen molar-refractivity contribution < 1.29 is 4.74 Å². The van der Waals surface area contributed by atoms with Gasteiger partial charge >= 0.3 is 0 Å². The minimum absolute atomic E-state index is 0.0162. The van der Waals surface area contributed by atoms with Gasteiger partial charge in [-0.1, -0.05) is 43.3 Å². The summed E-state index contributed by atoms with van der Waals surface area (Å²) in [6, 6.07) is 15.7. The Balaban J connectivity index is 1.97. The second-order valence-electron chi connectivity index (χ2n) is 6.12. The Morgan fingerprint density at radius 2 is 1.90 bits per heavy atom. The zero-order valence-corrected chi connectivity index (χ0v) is 13.1. The number of nitrogens with one attached hydrogen (secondary N) is 1. The number of rotatable bonds is 6. The van der Waals surface area contributed by atoms with Crippen LogP contribution in [-0.4, -0.2) is 19.3 Å². The van der Waals surface area contributed by atoms with E-state index >= 15 is 0 Å². The first-order chi connectivity index (χ1) is 10.3. The van der Waals surface area contributed by atoms with Crippen molar-refractivity contribution in [3.05, 3.63) is 48.0 Å². The van der Waals surface area contributed by atoms with E-state index in [9.17, 15) is 0 Å². The average molecular weight is 283 g/mol. The molecule has 1 atom stereocenters. The van der Waals surface area contributed by atoms with Crippen LogP contribution in [0.2, 0.25) is 0 Å². The summed E-state index contributed by atoms with van der Waals surface area (Å²) >= 11 is 0. The van der Waals surface area contributed by atoms with Gasteiger partial charge in [0.2, 0.25) is 0 Å². The Kier molecular flexibility index (Phi) is 4.27. The van der Waals surface area contributed by atoms with E-state index in [1.807, 2.05) is 7.11 Å². The molecule has 3 rings (SSSR count). The van der Waals surface area contributed by atoms with Gasteiger partial charge in [-0.05, 0) is 54.6 Å². The van der Waals surface area contributed by atoms with Crippen molar-refractivity contribution >= 4 is 10.8 Å². The van der Waals surface area contributed by atoms with Crippen molar-refractivity contribution in [1.29, 1.82) is 0 Å². The van der Waals surface area contributed by atoms with Crippen LogP contribution in [0.25, 0.3) is 10.8 Å². The predicted molar refractivity (Wildman–Crippen MR) is 88.6 cm³/mol.